The van der Waals surface area contributed by atoms with E-state index in [-0.39, 0.29) is 5.54 Å². The Hall–Kier alpha value is -0.990. The van der Waals surface area contributed by atoms with E-state index < -0.39 is 0 Å². The van der Waals surface area contributed by atoms with Gasteiger partial charge in [-0.3, -0.25) is 5.32 Å². The summed E-state index contributed by atoms with van der Waals surface area (Å²) >= 11 is 1.65. The van der Waals surface area contributed by atoms with E-state index in [1.165, 1.54) is 0 Å². The van der Waals surface area contributed by atoms with Crippen molar-refractivity contribution in [2.24, 2.45) is 0 Å². The Bertz CT molecular complexity index is 412. The highest BCUT2D eigenvalue weighted by atomic mass is 32.2. The third-order valence-electron chi connectivity index (χ3n) is 3.16. The lowest BCUT2D eigenvalue weighted by Gasteiger charge is -2.37. The molecule has 1 aromatic rings. The van der Waals surface area contributed by atoms with E-state index in [4.69, 9.17) is 4.42 Å². The van der Waals surface area contributed by atoms with Crippen molar-refractivity contribution in [3.63, 3.8) is 0 Å². The fraction of sp³-hybridized carbons (Fsp3) is 0.692. The van der Waals surface area contributed by atoms with E-state index in [2.05, 4.69) is 30.2 Å². The third-order valence-corrected chi connectivity index (χ3v) is 4.30. The number of oxazole rings is 1. The number of hydrogen-bond donors (Lipinski definition) is 1. The third kappa shape index (κ3) is 3.27. The van der Waals surface area contributed by atoms with Crippen LogP contribution < -0.4 is 5.32 Å². The van der Waals surface area contributed by atoms with Gasteiger partial charge in [0.2, 0.25) is 0 Å². The van der Waals surface area contributed by atoms with Crippen molar-refractivity contribution in [2.45, 2.75) is 61.6 Å². The molecule has 1 aliphatic carbocycles. The van der Waals surface area contributed by atoms with Crippen LogP contribution in [0.2, 0.25) is 0 Å². The van der Waals surface area contributed by atoms with Gasteiger partial charge in [-0.25, -0.2) is 4.98 Å². The molecular formula is C13H19N3OS. The Morgan fingerprint density at radius 2 is 2.50 bits per heavy atom. The number of nitrogens with zero attached hydrogens (tertiary/aromatic N) is 2. The fourth-order valence-electron chi connectivity index (χ4n) is 2.55. The van der Waals surface area contributed by atoms with Crippen molar-refractivity contribution >= 4 is 11.8 Å². The Morgan fingerprint density at radius 3 is 3.11 bits per heavy atom. The molecule has 4 nitrogen and oxygen atoms in total. The van der Waals surface area contributed by atoms with Gasteiger partial charge in [-0.15, -0.1) is 0 Å². The Morgan fingerprint density at radius 1 is 1.67 bits per heavy atom. The predicted molar refractivity (Wildman–Crippen MR) is 71.2 cm³/mol. The summed E-state index contributed by atoms with van der Waals surface area (Å²) < 4.78 is 5.27. The Balaban J connectivity index is 2.00. The first-order chi connectivity index (χ1) is 8.63. The molecule has 1 aliphatic rings. The molecule has 0 saturated heterocycles. The second-order valence-electron chi connectivity index (χ2n) is 5.13. The first kappa shape index (κ1) is 13.4. The monoisotopic (exact) mass is 265 g/mol. The summed E-state index contributed by atoms with van der Waals surface area (Å²) in [7, 11) is 0. The molecule has 0 radical (unpaired) electrons. The van der Waals surface area contributed by atoms with Gasteiger partial charge in [0.05, 0.1) is 12.3 Å². The molecule has 1 fully saturated rings. The normalized spacial score (nSPS) is 28.2. The van der Waals surface area contributed by atoms with Gasteiger partial charge in [0, 0.05) is 11.3 Å². The molecule has 98 valence electrons. The molecule has 0 aromatic carbocycles. The zero-order valence-corrected chi connectivity index (χ0v) is 11.7. The molecule has 5 heteroatoms. The number of aromatic nitrogens is 1. The van der Waals surface area contributed by atoms with Crippen LogP contribution in [0.15, 0.2) is 22.1 Å². The van der Waals surface area contributed by atoms with E-state index in [9.17, 15) is 5.26 Å². The first-order valence-electron chi connectivity index (χ1n) is 6.39. The van der Waals surface area contributed by atoms with Crippen molar-refractivity contribution in [3.05, 3.63) is 12.5 Å². The minimum atomic E-state index is -0.378. The van der Waals surface area contributed by atoms with Crippen LogP contribution in [0.3, 0.4) is 0 Å². The maximum atomic E-state index is 9.47. The number of thioether (sulfide) groups is 1. The van der Waals surface area contributed by atoms with Crippen LogP contribution in [0.4, 0.5) is 0 Å². The second-order valence-corrected chi connectivity index (χ2v) is 6.38. The van der Waals surface area contributed by atoms with Crippen molar-refractivity contribution in [1.82, 2.24) is 10.3 Å². The molecular weight excluding hydrogens is 246 g/mol. The topological polar surface area (TPSA) is 61.9 Å². The first-order valence-corrected chi connectivity index (χ1v) is 7.27. The molecule has 1 aromatic heterocycles. The highest BCUT2D eigenvalue weighted by molar-refractivity contribution is 7.99. The summed E-state index contributed by atoms with van der Waals surface area (Å²) in [5.41, 5.74) is -0.378. The lowest BCUT2D eigenvalue weighted by atomic mass is 9.82. The molecule has 2 atom stereocenters. The Kier molecular flexibility index (Phi) is 4.31. The molecule has 1 heterocycles. The zero-order valence-electron chi connectivity index (χ0n) is 10.8. The number of nitrogens with one attached hydrogen (secondary N) is 1. The minimum Gasteiger partial charge on any atom is -0.440 e. The summed E-state index contributed by atoms with van der Waals surface area (Å²) in [6, 6.07) is 2.81. The number of nitriles is 1. The van der Waals surface area contributed by atoms with Gasteiger partial charge in [-0.2, -0.15) is 5.26 Å². The summed E-state index contributed by atoms with van der Waals surface area (Å²) in [6.07, 6.45) is 7.24. The van der Waals surface area contributed by atoms with Crippen LogP contribution in [0.25, 0.3) is 0 Å². The summed E-state index contributed by atoms with van der Waals surface area (Å²) in [5, 5.41) is 14.0. The minimum absolute atomic E-state index is 0.329. The smallest absolute Gasteiger partial charge is 0.255 e. The molecule has 18 heavy (non-hydrogen) atoms. The average molecular weight is 265 g/mol. The maximum Gasteiger partial charge on any atom is 0.255 e. The summed E-state index contributed by atoms with van der Waals surface area (Å²) in [5.74, 6) is 0. The predicted octanol–water partition coefficient (Wildman–Crippen LogP) is 2.97. The van der Waals surface area contributed by atoms with E-state index in [0.29, 0.717) is 16.5 Å². The van der Waals surface area contributed by atoms with Gasteiger partial charge < -0.3 is 4.42 Å². The van der Waals surface area contributed by atoms with Gasteiger partial charge in [0.1, 0.15) is 11.8 Å². The van der Waals surface area contributed by atoms with E-state index >= 15 is 0 Å². The van der Waals surface area contributed by atoms with Gasteiger partial charge >= 0.3 is 0 Å². The quantitative estimate of drug-likeness (QED) is 0.906. The van der Waals surface area contributed by atoms with Crippen LogP contribution in [0.5, 0.6) is 0 Å². The SMILES string of the molecule is CC(C)NC1(C#N)CCCC(Sc2ncco2)C1. The molecule has 0 amide bonds. The van der Waals surface area contributed by atoms with Crippen LogP contribution in [-0.2, 0) is 0 Å². The highest BCUT2D eigenvalue weighted by Gasteiger charge is 2.37. The molecule has 2 rings (SSSR count). The average Bonchev–Trinajstić information content (AvgIpc) is 2.81. The van der Waals surface area contributed by atoms with E-state index in [0.717, 1.165) is 25.7 Å². The van der Waals surface area contributed by atoms with Gasteiger partial charge in [0.15, 0.2) is 0 Å². The summed E-state index contributed by atoms with van der Waals surface area (Å²) in [4.78, 5) is 4.14. The molecule has 2 unspecified atom stereocenters. The lowest BCUT2D eigenvalue weighted by Crippen LogP contribution is -2.51. The van der Waals surface area contributed by atoms with Crippen LogP contribution in [0, 0.1) is 11.3 Å². The van der Waals surface area contributed by atoms with Crippen molar-refractivity contribution in [3.8, 4) is 6.07 Å². The lowest BCUT2D eigenvalue weighted by molar-refractivity contribution is 0.284. The van der Waals surface area contributed by atoms with Crippen molar-refractivity contribution in [1.29, 1.82) is 5.26 Å². The van der Waals surface area contributed by atoms with Gasteiger partial charge in [-0.05, 0) is 39.5 Å². The second kappa shape index (κ2) is 5.77. The van der Waals surface area contributed by atoms with Gasteiger partial charge in [0.25, 0.3) is 5.22 Å². The van der Waals surface area contributed by atoms with Crippen molar-refractivity contribution < 1.29 is 4.42 Å². The largest absolute Gasteiger partial charge is 0.440 e. The molecule has 0 aliphatic heterocycles. The molecule has 1 saturated carbocycles. The molecule has 0 bridgehead atoms. The molecule has 0 spiro atoms. The van der Waals surface area contributed by atoms with Crippen LogP contribution >= 0.6 is 11.8 Å². The summed E-state index contributed by atoms with van der Waals surface area (Å²) in [6.45, 7) is 4.17. The standard InChI is InChI=1S/C13H19N3OS/c1-10(2)16-13(9-14)5-3-4-11(8-13)18-12-15-6-7-17-12/h6-7,10-11,16H,3-5,8H2,1-2H3. The van der Waals surface area contributed by atoms with E-state index in [1.54, 1.807) is 24.2 Å². The number of rotatable bonds is 4. The number of hydrogen-bond acceptors (Lipinski definition) is 5. The molecule has 1 N–H and O–H groups in total. The van der Waals surface area contributed by atoms with Crippen molar-refractivity contribution in [2.75, 3.05) is 0 Å². The fourth-order valence-corrected chi connectivity index (χ4v) is 3.72. The van der Waals surface area contributed by atoms with E-state index in [1.807, 2.05) is 0 Å². The highest BCUT2D eigenvalue weighted by Crippen LogP contribution is 2.37. The van der Waals surface area contributed by atoms with Crippen LogP contribution in [0.1, 0.15) is 39.5 Å². The van der Waals surface area contributed by atoms with Gasteiger partial charge in [-0.1, -0.05) is 11.8 Å². The zero-order chi connectivity index (χ0) is 13.0. The van der Waals surface area contributed by atoms with Crippen LogP contribution in [-0.4, -0.2) is 21.8 Å². The Labute approximate surface area is 112 Å². The maximum absolute atomic E-state index is 9.47.